The summed E-state index contributed by atoms with van der Waals surface area (Å²) >= 11 is 0. The first-order chi connectivity index (χ1) is 8.31. The highest BCUT2D eigenvalue weighted by Gasteiger charge is 2.35. The number of hydrogen-bond donors (Lipinski definition) is 0. The summed E-state index contributed by atoms with van der Waals surface area (Å²) in [6, 6.07) is 8.04. The van der Waals surface area contributed by atoms with Crippen LogP contribution in [0.1, 0.15) is 29.2 Å². The molecule has 4 nitrogen and oxygen atoms in total. The quantitative estimate of drug-likeness (QED) is 0.738. The number of amides is 1. The summed E-state index contributed by atoms with van der Waals surface area (Å²) in [6.45, 7) is 1.13. The molecule has 1 heterocycles. The lowest BCUT2D eigenvalue weighted by atomic mass is 10.0. The van der Waals surface area contributed by atoms with Crippen molar-refractivity contribution in [1.29, 1.82) is 5.26 Å². The lowest BCUT2D eigenvalue weighted by Crippen LogP contribution is -2.28. The number of ether oxygens (including phenoxy) is 1. The summed E-state index contributed by atoms with van der Waals surface area (Å²) in [5, 5.41) is 9.05. The van der Waals surface area contributed by atoms with Crippen molar-refractivity contribution < 1.29 is 9.53 Å². The number of cyclic esters (lactones) is 1. The molecular formula is C13H12N2O2. The minimum absolute atomic E-state index is 0.0910. The van der Waals surface area contributed by atoms with E-state index in [0.717, 1.165) is 29.5 Å². The van der Waals surface area contributed by atoms with Crippen molar-refractivity contribution in [3.05, 3.63) is 34.9 Å². The van der Waals surface area contributed by atoms with Gasteiger partial charge in [0.05, 0.1) is 24.2 Å². The Morgan fingerprint density at radius 1 is 1.47 bits per heavy atom. The monoisotopic (exact) mass is 228 g/mol. The molecule has 1 aromatic rings. The second kappa shape index (κ2) is 3.77. The molecule has 1 aromatic carbocycles. The molecule has 2 aliphatic rings. The van der Waals surface area contributed by atoms with Crippen molar-refractivity contribution in [2.24, 2.45) is 0 Å². The normalized spacial score (nSPS) is 22.2. The van der Waals surface area contributed by atoms with E-state index in [2.05, 4.69) is 6.07 Å². The zero-order valence-corrected chi connectivity index (χ0v) is 9.35. The SMILES string of the molecule is N#Cc1cccc2c1CCC2N1CCOC1=O. The molecule has 1 amide bonds. The second-order valence-electron chi connectivity index (χ2n) is 4.35. The average molecular weight is 228 g/mol. The molecule has 0 aromatic heterocycles. The number of carbonyl (C=O) groups excluding carboxylic acids is 1. The fourth-order valence-corrected chi connectivity index (χ4v) is 2.75. The van der Waals surface area contributed by atoms with Gasteiger partial charge in [-0.2, -0.15) is 5.26 Å². The van der Waals surface area contributed by atoms with Crippen molar-refractivity contribution in [2.75, 3.05) is 13.2 Å². The predicted octanol–water partition coefficient (Wildman–Crippen LogP) is 2.00. The molecule has 1 aliphatic carbocycles. The summed E-state index contributed by atoms with van der Waals surface area (Å²) in [6.07, 6.45) is 1.53. The van der Waals surface area contributed by atoms with E-state index in [-0.39, 0.29) is 12.1 Å². The van der Waals surface area contributed by atoms with E-state index in [9.17, 15) is 4.79 Å². The highest BCUT2D eigenvalue weighted by Crippen LogP contribution is 2.38. The Balaban J connectivity index is 1.99. The number of rotatable bonds is 1. The minimum Gasteiger partial charge on any atom is -0.448 e. The fraction of sp³-hybridized carbons (Fsp3) is 0.385. The number of nitriles is 1. The van der Waals surface area contributed by atoms with Crippen LogP contribution < -0.4 is 0 Å². The minimum atomic E-state index is -0.231. The average Bonchev–Trinajstić information content (AvgIpc) is 2.94. The van der Waals surface area contributed by atoms with Gasteiger partial charge in [-0.15, -0.1) is 0 Å². The number of carbonyl (C=O) groups is 1. The molecule has 1 saturated heterocycles. The molecule has 86 valence electrons. The molecular weight excluding hydrogens is 216 g/mol. The van der Waals surface area contributed by atoms with Crippen LogP contribution in [0.3, 0.4) is 0 Å². The predicted molar refractivity (Wildman–Crippen MR) is 60.3 cm³/mol. The van der Waals surface area contributed by atoms with Crippen LogP contribution >= 0.6 is 0 Å². The Bertz CT molecular complexity index is 519. The van der Waals surface area contributed by atoms with Gasteiger partial charge >= 0.3 is 6.09 Å². The van der Waals surface area contributed by atoms with Crippen LogP contribution in [0.2, 0.25) is 0 Å². The van der Waals surface area contributed by atoms with Crippen molar-refractivity contribution in [3.8, 4) is 6.07 Å². The van der Waals surface area contributed by atoms with Gasteiger partial charge in [-0.3, -0.25) is 4.90 Å². The molecule has 1 fully saturated rings. The van der Waals surface area contributed by atoms with E-state index in [0.29, 0.717) is 13.2 Å². The van der Waals surface area contributed by atoms with Crippen LogP contribution in [0.4, 0.5) is 4.79 Å². The van der Waals surface area contributed by atoms with Gasteiger partial charge in [-0.25, -0.2) is 4.79 Å². The molecule has 1 aliphatic heterocycles. The maximum Gasteiger partial charge on any atom is 0.410 e. The van der Waals surface area contributed by atoms with E-state index in [1.54, 1.807) is 4.90 Å². The Morgan fingerprint density at radius 3 is 3.06 bits per heavy atom. The van der Waals surface area contributed by atoms with Gasteiger partial charge in [-0.1, -0.05) is 12.1 Å². The van der Waals surface area contributed by atoms with E-state index >= 15 is 0 Å². The third-order valence-corrected chi connectivity index (χ3v) is 3.53. The molecule has 4 heteroatoms. The molecule has 0 saturated carbocycles. The summed E-state index contributed by atoms with van der Waals surface area (Å²) < 4.78 is 4.97. The van der Waals surface area contributed by atoms with E-state index < -0.39 is 0 Å². The largest absolute Gasteiger partial charge is 0.448 e. The zero-order valence-electron chi connectivity index (χ0n) is 9.35. The summed E-state index contributed by atoms with van der Waals surface area (Å²) in [7, 11) is 0. The second-order valence-corrected chi connectivity index (χ2v) is 4.35. The van der Waals surface area contributed by atoms with E-state index in [1.165, 1.54) is 0 Å². The van der Waals surface area contributed by atoms with Crippen LogP contribution in [0.5, 0.6) is 0 Å². The fourth-order valence-electron chi connectivity index (χ4n) is 2.75. The molecule has 0 spiro atoms. The molecule has 1 unspecified atom stereocenters. The Kier molecular flexibility index (Phi) is 2.25. The molecule has 0 N–H and O–H groups in total. The van der Waals surface area contributed by atoms with Crippen molar-refractivity contribution in [1.82, 2.24) is 4.90 Å². The van der Waals surface area contributed by atoms with E-state index in [4.69, 9.17) is 10.00 Å². The lowest BCUT2D eigenvalue weighted by Gasteiger charge is -2.21. The van der Waals surface area contributed by atoms with E-state index in [1.807, 2.05) is 18.2 Å². The van der Waals surface area contributed by atoms with Gasteiger partial charge in [-0.05, 0) is 30.0 Å². The van der Waals surface area contributed by atoms with Crippen molar-refractivity contribution in [2.45, 2.75) is 18.9 Å². The molecule has 3 rings (SSSR count). The van der Waals surface area contributed by atoms with Gasteiger partial charge in [0.1, 0.15) is 6.61 Å². The first-order valence-electron chi connectivity index (χ1n) is 5.76. The summed E-state index contributed by atoms with van der Waals surface area (Å²) in [5.41, 5.74) is 2.94. The molecule has 0 bridgehead atoms. The third-order valence-electron chi connectivity index (χ3n) is 3.53. The van der Waals surface area contributed by atoms with Gasteiger partial charge in [0.25, 0.3) is 0 Å². The highest BCUT2D eigenvalue weighted by atomic mass is 16.6. The van der Waals surface area contributed by atoms with Crippen molar-refractivity contribution in [3.63, 3.8) is 0 Å². The Hall–Kier alpha value is -2.02. The maximum absolute atomic E-state index is 11.6. The smallest absolute Gasteiger partial charge is 0.410 e. The number of nitrogens with zero attached hydrogens (tertiary/aromatic N) is 2. The molecule has 17 heavy (non-hydrogen) atoms. The van der Waals surface area contributed by atoms with Crippen LogP contribution in [0, 0.1) is 11.3 Å². The Morgan fingerprint density at radius 2 is 2.35 bits per heavy atom. The maximum atomic E-state index is 11.6. The third kappa shape index (κ3) is 1.47. The zero-order chi connectivity index (χ0) is 11.8. The summed E-state index contributed by atoms with van der Waals surface area (Å²) in [4.78, 5) is 13.3. The van der Waals surface area contributed by atoms with Crippen LogP contribution in [-0.2, 0) is 11.2 Å². The number of benzene rings is 1. The first kappa shape index (κ1) is 10.2. The first-order valence-corrected chi connectivity index (χ1v) is 5.76. The standard InChI is InChI=1S/C13H12N2O2/c14-8-9-2-1-3-11-10(9)4-5-12(11)15-6-7-17-13(15)16/h1-3,12H,4-7H2. The van der Waals surface area contributed by atoms with Crippen LogP contribution in [-0.4, -0.2) is 24.1 Å². The highest BCUT2D eigenvalue weighted by molar-refractivity contribution is 5.70. The van der Waals surface area contributed by atoms with Crippen LogP contribution in [0.25, 0.3) is 0 Å². The number of hydrogen-bond acceptors (Lipinski definition) is 3. The lowest BCUT2D eigenvalue weighted by molar-refractivity contribution is 0.147. The van der Waals surface area contributed by atoms with Gasteiger partial charge in [0.2, 0.25) is 0 Å². The van der Waals surface area contributed by atoms with Crippen LogP contribution in [0.15, 0.2) is 18.2 Å². The molecule has 1 atom stereocenters. The van der Waals surface area contributed by atoms with Crippen molar-refractivity contribution >= 4 is 6.09 Å². The Labute approximate surface area is 99.4 Å². The van der Waals surface area contributed by atoms with Gasteiger partial charge in [0.15, 0.2) is 0 Å². The number of fused-ring (bicyclic) bond motifs is 1. The topological polar surface area (TPSA) is 53.3 Å². The van der Waals surface area contributed by atoms with Gasteiger partial charge in [0, 0.05) is 0 Å². The van der Waals surface area contributed by atoms with Gasteiger partial charge < -0.3 is 4.74 Å². The molecule has 0 radical (unpaired) electrons. The summed E-state index contributed by atoms with van der Waals surface area (Å²) in [5.74, 6) is 0.